The van der Waals surface area contributed by atoms with Crippen molar-refractivity contribution in [1.82, 2.24) is 0 Å². The molecular formula is C48H60Cl4Zr-4. The van der Waals surface area contributed by atoms with E-state index in [1.165, 1.54) is 87.2 Å². The molecule has 0 aromatic heterocycles. The van der Waals surface area contributed by atoms with Gasteiger partial charge in [0.2, 0.25) is 0 Å². The Hall–Kier alpha value is -1.73. The van der Waals surface area contributed by atoms with Crippen molar-refractivity contribution in [3.05, 3.63) is 152 Å². The van der Waals surface area contributed by atoms with E-state index in [4.69, 9.17) is 23.2 Å². The average molecular weight is 870 g/mol. The van der Waals surface area contributed by atoms with E-state index in [1.54, 1.807) is 12.1 Å². The molecule has 0 amide bonds. The summed E-state index contributed by atoms with van der Waals surface area (Å²) in [6, 6.07) is 31.0. The maximum absolute atomic E-state index is 5.51. The van der Waals surface area contributed by atoms with Crippen molar-refractivity contribution in [2.24, 2.45) is 11.3 Å². The summed E-state index contributed by atoms with van der Waals surface area (Å²) in [6.07, 6.45) is 11.5. The number of rotatable bonds is 2. The molecule has 0 radical (unpaired) electrons. The summed E-state index contributed by atoms with van der Waals surface area (Å²) in [7, 11) is 0. The quantitative estimate of drug-likeness (QED) is 0.155. The molecule has 0 heterocycles. The van der Waals surface area contributed by atoms with Crippen LogP contribution in [0.2, 0.25) is 10.0 Å². The normalized spacial score (nSPS) is 13.6. The standard InChI is InChI=1S/C23H29.C12H19.2C6H4Cl.CH2.2ClH.Zr/c1-14-9-16-11-17-10-15(2)21(23(6,7)8)13-19(17)18(16)12-20(14)22(3,4)5;1-5-6-10-7-8-11(9-10)12(2,3)4;2*7-6-4-2-1-3-5-6;;;;/h9,12-13H,11H2,1-8H3;8-10H,5-6H2,1-4H3;2*1-2,4-5H;1H2;2*1H;/q4*-1;;;;. The fourth-order valence-electron chi connectivity index (χ4n) is 6.22. The fourth-order valence-corrected chi connectivity index (χ4v) is 6.49. The van der Waals surface area contributed by atoms with E-state index in [2.05, 4.69) is 142 Å². The van der Waals surface area contributed by atoms with Crippen LogP contribution in [0.1, 0.15) is 115 Å². The number of allylic oxidation sites excluding steroid dienone is 4. The zero-order valence-corrected chi connectivity index (χ0v) is 39.6. The molecule has 5 heteroatoms. The van der Waals surface area contributed by atoms with E-state index in [9.17, 15) is 0 Å². The van der Waals surface area contributed by atoms with Crippen LogP contribution < -0.4 is 0 Å². The number of benzene rings is 4. The van der Waals surface area contributed by atoms with Crippen molar-refractivity contribution in [3.8, 4) is 11.1 Å². The van der Waals surface area contributed by atoms with E-state index in [-0.39, 0.29) is 35.6 Å². The molecule has 1 unspecified atom stereocenters. The molecule has 0 N–H and O–H groups in total. The summed E-state index contributed by atoms with van der Waals surface area (Å²) in [6.45, 7) is 27.2. The van der Waals surface area contributed by atoms with E-state index in [0.29, 0.717) is 11.3 Å². The van der Waals surface area contributed by atoms with Crippen LogP contribution in [0.4, 0.5) is 0 Å². The third kappa shape index (κ3) is 16.5. The van der Waals surface area contributed by atoms with Gasteiger partial charge in [-0.25, -0.2) is 6.08 Å². The Morgan fingerprint density at radius 3 is 1.64 bits per heavy atom. The second kappa shape index (κ2) is 23.4. The molecule has 2 aliphatic carbocycles. The second-order valence-corrected chi connectivity index (χ2v) is 17.1. The van der Waals surface area contributed by atoms with Gasteiger partial charge < -0.3 is 0 Å². The molecular weight excluding hydrogens is 810 g/mol. The summed E-state index contributed by atoms with van der Waals surface area (Å²) in [5.41, 5.74) is 13.4. The summed E-state index contributed by atoms with van der Waals surface area (Å²) in [5, 5.41) is 1.48. The van der Waals surface area contributed by atoms with Crippen molar-refractivity contribution in [2.75, 3.05) is 0 Å². The third-order valence-corrected chi connectivity index (χ3v) is 9.19. The molecule has 6 rings (SSSR count). The number of fused-ring (bicyclic) bond motifs is 3. The molecule has 4 aromatic carbocycles. The molecule has 4 aromatic rings. The first-order valence-corrected chi connectivity index (χ1v) is 20.4. The molecule has 0 spiro atoms. The van der Waals surface area contributed by atoms with E-state index < -0.39 is 0 Å². The first-order chi connectivity index (χ1) is 23.8. The van der Waals surface area contributed by atoms with Gasteiger partial charge in [0.25, 0.3) is 0 Å². The van der Waals surface area contributed by atoms with Gasteiger partial charge >= 0.3 is 28.4 Å². The molecule has 0 bridgehead atoms. The van der Waals surface area contributed by atoms with Gasteiger partial charge in [0.1, 0.15) is 0 Å². The van der Waals surface area contributed by atoms with Crippen molar-refractivity contribution in [1.29, 1.82) is 0 Å². The van der Waals surface area contributed by atoms with E-state index >= 15 is 0 Å². The minimum atomic E-state index is 0. The zero-order chi connectivity index (χ0) is 38.6. The third-order valence-electron chi connectivity index (χ3n) is 8.72. The monoisotopic (exact) mass is 866 g/mol. The van der Waals surface area contributed by atoms with Crippen molar-refractivity contribution >= 4 is 52.2 Å². The van der Waals surface area contributed by atoms with Crippen LogP contribution in [0.5, 0.6) is 0 Å². The molecule has 53 heavy (non-hydrogen) atoms. The van der Waals surface area contributed by atoms with Crippen LogP contribution in [-0.4, -0.2) is 4.21 Å². The van der Waals surface area contributed by atoms with E-state index in [1.807, 2.05) is 36.4 Å². The Balaban J connectivity index is 0.000000754. The predicted octanol–water partition coefficient (Wildman–Crippen LogP) is 15.1. The van der Waals surface area contributed by atoms with Crippen LogP contribution in [0.15, 0.2) is 84.5 Å². The second-order valence-electron chi connectivity index (χ2n) is 16.2. The van der Waals surface area contributed by atoms with Crippen LogP contribution in [0.3, 0.4) is 0 Å². The van der Waals surface area contributed by atoms with Crippen LogP contribution >= 0.6 is 48.0 Å². The Labute approximate surface area is 361 Å². The summed E-state index contributed by atoms with van der Waals surface area (Å²) in [5.74, 6) is 0.587. The van der Waals surface area contributed by atoms with Gasteiger partial charge in [0.15, 0.2) is 0 Å². The summed E-state index contributed by atoms with van der Waals surface area (Å²) < 4.78 is 3.34. The molecule has 0 saturated carbocycles. The maximum atomic E-state index is 5.51. The molecule has 0 fully saturated rings. The molecule has 2 aliphatic rings. The Morgan fingerprint density at radius 2 is 1.26 bits per heavy atom. The van der Waals surface area contributed by atoms with Gasteiger partial charge in [0, 0.05) is 0 Å². The number of hydrogen-bond acceptors (Lipinski definition) is 0. The van der Waals surface area contributed by atoms with Crippen molar-refractivity contribution < 1.29 is 24.2 Å². The van der Waals surface area contributed by atoms with Gasteiger partial charge in [-0.2, -0.15) is 113 Å². The van der Waals surface area contributed by atoms with Crippen LogP contribution in [0.25, 0.3) is 11.1 Å². The first kappa shape index (κ1) is 51.3. The van der Waals surface area contributed by atoms with E-state index in [0.717, 1.165) is 16.5 Å². The minimum absolute atomic E-state index is 0. The molecule has 288 valence electrons. The van der Waals surface area contributed by atoms with Crippen molar-refractivity contribution in [2.45, 2.75) is 113 Å². The van der Waals surface area contributed by atoms with Gasteiger partial charge in [-0.3, -0.25) is 6.08 Å². The average Bonchev–Trinajstić information content (AvgIpc) is 3.66. The first-order valence-electron chi connectivity index (χ1n) is 17.9. The van der Waals surface area contributed by atoms with Gasteiger partial charge in [-0.15, -0.1) is 41.5 Å². The SMILES string of the molecule is CCCC1[C-]=CC(C(C)(C)C)=C1.Cc1[c-]c2c(cc1C(C)(C)C)-c1cc(C(C)(C)C)c(C)cc1C2.Cl.Cl.Clc1c[c-]ccc1.Clc1c[c-]ccc1.[CH2]=[Zr]. The van der Waals surface area contributed by atoms with Gasteiger partial charge in [-0.1, -0.05) is 133 Å². The van der Waals surface area contributed by atoms with Crippen molar-refractivity contribution in [3.63, 3.8) is 0 Å². The van der Waals surface area contributed by atoms with Gasteiger partial charge in [0.05, 0.1) is 0 Å². The summed E-state index contributed by atoms with van der Waals surface area (Å²) >= 11 is 12.3. The van der Waals surface area contributed by atoms with Crippen LogP contribution in [0, 0.1) is 49.5 Å². The number of aryl methyl sites for hydroxylation is 2. The topological polar surface area (TPSA) is 0 Å². The van der Waals surface area contributed by atoms with Gasteiger partial charge in [-0.05, 0) is 35.4 Å². The number of halogens is 4. The zero-order valence-electron chi connectivity index (χ0n) is 34.0. The molecule has 1 atom stereocenters. The Morgan fingerprint density at radius 1 is 0.755 bits per heavy atom. The molecule has 0 aliphatic heterocycles. The molecule has 0 saturated heterocycles. The number of hydrogen-bond donors (Lipinski definition) is 0. The molecule has 0 nitrogen and oxygen atoms in total. The van der Waals surface area contributed by atoms with Crippen LogP contribution in [-0.2, 0) is 41.5 Å². The Kier molecular flexibility index (Phi) is 22.6. The predicted molar refractivity (Wildman–Crippen MR) is 236 cm³/mol. The fraction of sp³-hybridized carbons (Fsp3) is 0.396. The Bertz CT molecular complexity index is 1630. The summed E-state index contributed by atoms with van der Waals surface area (Å²) in [4.78, 5) is 0.